The van der Waals surface area contributed by atoms with Gasteiger partial charge < -0.3 is 4.74 Å². The number of ether oxygens (including phenoxy) is 1. The van der Waals surface area contributed by atoms with E-state index >= 15 is 0 Å². The number of aromatic nitrogens is 2. The van der Waals surface area contributed by atoms with Crippen molar-refractivity contribution in [3.63, 3.8) is 0 Å². The van der Waals surface area contributed by atoms with Gasteiger partial charge in [0.05, 0.1) is 19.2 Å². The number of nitrogens with zero attached hydrogens (tertiary/aromatic N) is 2. The smallest absolute Gasteiger partial charge is 0.313 e. The molecule has 0 aliphatic carbocycles. The summed E-state index contributed by atoms with van der Waals surface area (Å²) in [5.74, 6) is -0.187. The molecule has 1 aromatic heterocycles. The van der Waals surface area contributed by atoms with Crippen molar-refractivity contribution in [2.75, 3.05) is 7.11 Å². The topological polar surface area (TPSA) is 44.1 Å². The molecule has 0 fully saturated rings. The normalized spacial score (nSPS) is 12.8. The monoisotopic (exact) mass is 224 g/mol. The van der Waals surface area contributed by atoms with Crippen molar-refractivity contribution in [2.24, 2.45) is 5.92 Å². The third-order valence-corrected chi connectivity index (χ3v) is 2.59. The first-order valence-electron chi connectivity index (χ1n) is 5.70. The molecule has 4 nitrogen and oxygen atoms in total. The number of carbonyl (C=O) groups is 1. The highest BCUT2D eigenvalue weighted by Crippen LogP contribution is 2.25. The van der Waals surface area contributed by atoms with Crippen LogP contribution in [0.4, 0.5) is 0 Å². The minimum absolute atomic E-state index is 0.189. The van der Waals surface area contributed by atoms with Crippen LogP contribution in [0.5, 0.6) is 0 Å². The molecule has 4 heteroatoms. The molecule has 0 aliphatic heterocycles. The molecule has 0 bridgehead atoms. The Hall–Kier alpha value is -1.32. The molecule has 1 unspecified atom stereocenters. The molecular formula is C12H20N2O2. The Bertz CT molecular complexity index is 345. The van der Waals surface area contributed by atoms with Crippen molar-refractivity contribution in [1.29, 1.82) is 0 Å². The summed E-state index contributed by atoms with van der Waals surface area (Å²) in [6.45, 7) is 7.01. The lowest BCUT2D eigenvalue weighted by Crippen LogP contribution is -2.19. The first-order valence-corrected chi connectivity index (χ1v) is 5.70. The molecule has 0 amide bonds. The lowest BCUT2D eigenvalue weighted by atomic mass is 9.91. The number of rotatable bonds is 5. The average Bonchev–Trinajstić information content (AvgIpc) is 2.66. The fraction of sp³-hybridized carbons (Fsp3) is 0.667. The Morgan fingerprint density at radius 3 is 2.75 bits per heavy atom. The first-order chi connectivity index (χ1) is 7.60. The van der Waals surface area contributed by atoms with E-state index in [4.69, 9.17) is 4.74 Å². The van der Waals surface area contributed by atoms with Crippen molar-refractivity contribution in [1.82, 2.24) is 9.78 Å². The summed E-state index contributed by atoms with van der Waals surface area (Å²) in [4.78, 5) is 11.7. The van der Waals surface area contributed by atoms with E-state index in [0.29, 0.717) is 0 Å². The summed E-state index contributed by atoms with van der Waals surface area (Å²) in [5.41, 5.74) is 0.940. The standard InChI is InChI=1S/C12H20N2O2/c1-5-6-14-8-10(7-13-14)11(9(2)3)12(15)16-4/h7-9,11H,5-6H2,1-4H3. The van der Waals surface area contributed by atoms with Gasteiger partial charge in [-0.3, -0.25) is 9.48 Å². The van der Waals surface area contributed by atoms with Gasteiger partial charge in [-0.25, -0.2) is 0 Å². The molecule has 0 aromatic carbocycles. The zero-order valence-electron chi connectivity index (χ0n) is 10.4. The summed E-state index contributed by atoms with van der Waals surface area (Å²) < 4.78 is 6.69. The largest absolute Gasteiger partial charge is 0.469 e. The molecule has 0 saturated carbocycles. The summed E-state index contributed by atoms with van der Waals surface area (Å²) in [6.07, 6.45) is 4.73. The Morgan fingerprint density at radius 1 is 1.56 bits per heavy atom. The molecule has 16 heavy (non-hydrogen) atoms. The van der Waals surface area contributed by atoms with Gasteiger partial charge in [0.1, 0.15) is 0 Å². The van der Waals surface area contributed by atoms with Crippen LogP contribution in [0, 0.1) is 5.92 Å². The quantitative estimate of drug-likeness (QED) is 0.720. The van der Waals surface area contributed by atoms with Gasteiger partial charge in [0, 0.05) is 18.3 Å². The highest BCUT2D eigenvalue weighted by molar-refractivity contribution is 5.78. The predicted octanol–water partition coefficient (Wildman–Crippen LogP) is 2.21. The van der Waals surface area contributed by atoms with E-state index < -0.39 is 0 Å². The Labute approximate surface area is 96.6 Å². The maximum Gasteiger partial charge on any atom is 0.313 e. The summed E-state index contributed by atoms with van der Waals surface area (Å²) in [7, 11) is 1.42. The van der Waals surface area contributed by atoms with E-state index in [1.165, 1.54) is 7.11 Å². The van der Waals surface area contributed by atoms with Crippen molar-refractivity contribution in [3.8, 4) is 0 Å². The molecule has 1 atom stereocenters. The van der Waals surface area contributed by atoms with E-state index in [0.717, 1.165) is 18.5 Å². The number of methoxy groups -OCH3 is 1. The van der Waals surface area contributed by atoms with Crippen LogP contribution in [0.3, 0.4) is 0 Å². The van der Waals surface area contributed by atoms with Crippen LogP contribution in [0.25, 0.3) is 0 Å². The molecule has 1 rings (SSSR count). The minimum Gasteiger partial charge on any atom is -0.469 e. The Balaban J connectivity index is 2.88. The Kier molecular flexibility index (Phi) is 4.52. The molecule has 0 radical (unpaired) electrons. The SMILES string of the molecule is CCCn1cc(C(C(=O)OC)C(C)C)cn1. The van der Waals surface area contributed by atoms with E-state index in [9.17, 15) is 4.79 Å². The lowest BCUT2D eigenvalue weighted by Gasteiger charge is -2.16. The third kappa shape index (κ3) is 2.84. The van der Waals surface area contributed by atoms with Gasteiger partial charge >= 0.3 is 5.97 Å². The molecule has 1 heterocycles. The highest BCUT2D eigenvalue weighted by Gasteiger charge is 2.26. The van der Waals surface area contributed by atoms with Crippen molar-refractivity contribution in [3.05, 3.63) is 18.0 Å². The third-order valence-electron chi connectivity index (χ3n) is 2.59. The number of esters is 1. The maximum atomic E-state index is 11.7. The molecule has 0 saturated heterocycles. The minimum atomic E-state index is -0.212. The van der Waals surface area contributed by atoms with Gasteiger partial charge in [0.25, 0.3) is 0 Å². The molecule has 90 valence electrons. The fourth-order valence-corrected chi connectivity index (χ4v) is 1.81. The van der Waals surface area contributed by atoms with Crippen LogP contribution < -0.4 is 0 Å². The number of aryl methyl sites for hydroxylation is 1. The van der Waals surface area contributed by atoms with Gasteiger partial charge in [-0.15, -0.1) is 0 Å². The van der Waals surface area contributed by atoms with E-state index in [1.807, 2.05) is 24.7 Å². The van der Waals surface area contributed by atoms with Crippen molar-refractivity contribution >= 4 is 5.97 Å². The predicted molar refractivity (Wildman–Crippen MR) is 62.1 cm³/mol. The zero-order chi connectivity index (χ0) is 12.1. The van der Waals surface area contributed by atoms with Gasteiger partial charge in [0.2, 0.25) is 0 Å². The molecule has 0 N–H and O–H groups in total. The van der Waals surface area contributed by atoms with Gasteiger partial charge in [-0.05, 0) is 12.3 Å². The zero-order valence-corrected chi connectivity index (χ0v) is 10.4. The van der Waals surface area contributed by atoms with Gasteiger partial charge in [-0.1, -0.05) is 20.8 Å². The molecule has 0 spiro atoms. The highest BCUT2D eigenvalue weighted by atomic mass is 16.5. The van der Waals surface area contributed by atoms with Crippen molar-refractivity contribution < 1.29 is 9.53 Å². The van der Waals surface area contributed by atoms with Gasteiger partial charge in [-0.2, -0.15) is 5.10 Å². The van der Waals surface area contributed by atoms with Crippen LogP contribution in [0.1, 0.15) is 38.7 Å². The second-order valence-electron chi connectivity index (χ2n) is 4.28. The van der Waals surface area contributed by atoms with Crippen molar-refractivity contribution in [2.45, 2.75) is 39.7 Å². The Morgan fingerprint density at radius 2 is 2.25 bits per heavy atom. The number of hydrogen-bond acceptors (Lipinski definition) is 3. The fourth-order valence-electron chi connectivity index (χ4n) is 1.81. The summed E-state index contributed by atoms with van der Waals surface area (Å²) >= 11 is 0. The van der Waals surface area contributed by atoms with E-state index in [1.54, 1.807) is 6.20 Å². The van der Waals surface area contributed by atoms with Crippen LogP contribution in [-0.4, -0.2) is 22.9 Å². The first kappa shape index (κ1) is 12.7. The van der Waals surface area contributed by atoms with Crippen LogP contribution >= 0.6 is 0 Å². The van der Waals surface area contributed by atoms with Crippen LogP contribution in [-0.2, 0) is 16.1 Å². The number of carbonyl (C=O) groups excluding carboxylic acids is 1. The summed E-state index contributed by atoms with van der Waals surface area (Å²) in [6, 6.07) is 0. The van der Waals surface area contributed by atoms with Crippen LogP contribution in [0.15, 0.2) is 12.4 Å². The molecule has 1 aromatic rings. The second-order valence-corrected chi connectivity index (χ2v) is 4.28. The molecule has 0 aliphatic rings. The molecular weight excluding hydrogens is 204 g/mol. The number of hydrogen-bond donors (Lipinski definition) is 0. The van der Waals surface area contributed by atoms with E-state index in [-0.39, 0.29) is 17.8 Å². The maximum absolute atomic E-state index is 11.7. The van der Waals surface area contributed by atoms with Crippen LogP contribution in [0.2, 0.25) is 0 Å². The second kappa shape index (κ2) is 5.68. The lowest BCUT2D eigenvalue weighted by molar-refractivity contribution is -0.143. The average molecular weight is 224 g/mol. The van der Waals surface area contributed by atoms with Gasteiger partial charge in [0.15, 0.2) is 0 Å². The van der Waals surface area contributed by atoms with E-state index in [2.05, 4.69) is 12.0 Å². The summed E-state index contributed by atoms with van der Waals surface area (Å²) in [5, 5.41) is 4.23.